The lowest BCUT2D eigenvalue weighted by Gasteiger charge is -2.18. The SMILES string of the molecule is C[Si]CC(OCCC[Si]C(Cl)Cl)OCCC[Si]C(Cl)Cl. The molecule has 0 N–H and O–H groups in total. The zero-order valence-corrected chi connectivity index (χ0v) is 17.5. The van der Waals surface area contributed by atoms with Gasteiger partial charge in [0.05, 0.1) is 28.0 Å². The highest BCUT2D eigenvalue weighted by Crippen LogP contribution is 2.08. The minimum atomic E-state index is -0.243. The first-order chi connectivity index (χ1) is 9.56. The summed E-state index contributed by atoms with van der Waals surface area (Å²) in [4.78, 5) is 0. The van der Waals surface area contributed by atoms with Gasteiger partial charge < -0.3 is 9.47 Å². The second-order valence-corrected chi connectivity index (χ2v) is 11.7. The second-order valence-electron chi connectivity index (χ2n) is 3.95. The van der Waals surface area contributed by atoms with Gasteiger partial charge in [-0.3, -0.25) is 0 Å². The largest absolute Gasteiger partial charge is 0.353 e. The Bertz CT molecular complexity index is 196. The standard InChI is InChI=1S/C11H20Cl4O2Si3/c1-18-8-9(16-4-2-6-19-10(12)13)17-5-3-7-20-11(14)15/h9-11H,2-8H2,1H3. The van der Waals surface area contributed by atoms with Crippen molar-refractivity contribution in [2.45, 2.75) is 52.7 Å². The van der Waals surface area contributed by atoms with E-state index in [1.165, 1.54) is 0 Å². The lowest BCUT2D eigenvalue weighted by molar-refractivity contribution is -0.129. The molecule has 0 saturated carbocycles. The Labute approximate surface area is 150 Å². The van der Waals surface area contributed by atoms with Crippen LogP contribution in [-0.2, 0) is 9.47 Å². The van der Waals surface area contributed by atoms with Crippen LogP contribution in [0.1, 0.15) is 12.8 Å². The van der Waals surface area contributed by atoms with E-state index < -0.39 is 0 Å². The number of hydrogen-bond donors (Lipinski definition) is 0. The fourth-order valence-corrected chi connectivity index (χ4v) is 4.34. The van der Waals surface area contributed by atoms with E-state index in [1.54, 1.807) is 0 Å². The number of halogens is 4. The lowest BCUT2D eigenvalue weighted by Crippen LogP contribution is -2.20. The zero-order valence-electron chi connectivity index (χ0n) is 11.5. The van der Waals surface area contributed by atoms with E-state index in [0.717, 1.165) is 40.5 Å². The monoisotopic (exact) mass is 408 g/mol. The van der Waals surface area contributed by atoms with Crippen molar-refractivity contribution in [1.82, 2.24) is 0 Å². The van der Waals surface area contributed by atoms with Crippen molar-refractivity contribution in [3.63, 3.8) is 0 Å². The molecule has 9 heteroatoms. The van der Waals surface area contributed by atoms with Crippen LogP contribution in [0.2, 0.25) is 24.7 Å². The Morgan fingerprint density at radius 2 is 1.30 bits per heavy atom. The summed E-state index contributed by atoms with van der Waals surface area (Å²) in [5.74, 6) is 0. The zero-order chi connectivity index (χ0) is 15.2. The van der Waals surface area contributed by atoms with E-state index in [-0.39, 0.29) is 15.2 Å². The average Bonchev–Trinajstić information content (AvgIpc) is 2.37. The van der Waals surface area contributed by atoms with Gasteiger partial charge in [0.15, 0.2) is 6.29 Å². The Morgan fingerprint density at radius 1 is 0.850 bits per heavy atom. The van der Waals surface area contributed by atoms with Crippen LogP contribution >= 0.6 is 46.4 Å². The minimum absolute atomic E-state index is 0.0874. The smallest absolute Gasteiger partial charge is 0.154 e. The molecule has 2 nitrogen and oxygen atoms in total. The molecule has 20 heavy (non-hydrogen) atoms. The first kappa shape index (κ1) is 21.7. The molecule has 0 aliphatic rings. The first-order valence-electron chi connectivity index (χ1n) is 6.47. The number of rotatable bonds is 14. The van der Waals surface area contributed by atoms with Crippen LogP contribution in [0.15, 0.2) is 0 Å². The summed E-state index contributed by atoms with van der Waals surface area (Å²) in [5.41, 5.74) is 0. The first-order valence-corrected chi connectivity index (χ1v) is 12.5. The van der Waals surface area contributed by atoms with Gasteiger partial charge >= 0.3 is 0 Å². The Hall–Kier alpha value is 1.73. The van der Waals surface area contributed by atoms with Crippen molar-refractivity contribution >= 4 is 75.0 Å². The molecule has 0 aliphatic carbocycles. The van der Waals surface area contributed by atoms with Crippen LogP contribution in [0.5, 0.6) is 0 Å². The molecule has 0 atom stereocenters. The third-order valence-electron chi connectivity index (χ3n) is 2.22. The summed E-state index contributed by atoms with van der Waals surface area (Å²) in [6.07, 6.45) is 1.86. The van der Waals surface area contributed by atoms with Gasteiger partial charge in [-0.2, -0.15) is 0 Å². The normalized spacial score (nSPS) is 12.0. The highest BCUT2D eigenvalue weighted by Gasteiger charge is 2.09. The highest BCUT2D eigenvalue weighted by atomic mass is 35.5. The van der Waals surface area contributed by atoms with Gasteiger partial charge in [0.2, 0.25) is 0 Å². The molecule has 0 aromatic rings. The summed E-state index contributed by atoms with van der Waals surface area (Å²) >= 11 is 22.7. The van der Waals surface area contributed by atoms with E-state index in [0.29, 0.717) is 32.3 Å². The molecule has 0 rings (SSSR count). The van der Waals surface area contributed by atoms with Gasteiger partial charge in [-0.25, -0.2) is 0 Å². The van der Waals surface area contributed by atoms with Crippen LogP contribution in [0.4, 0.5) is 0 Å². The van der Waals surface area contributed by atoms with Crippen LogP contribution < -0.4 is 0 Å². The molecular formula is C11H20Cl4O2Si3. The molecule has 0 aliphatic heterocycles. The minimum Gasteiger partial charge on any atom is -0.353 e. The molecule has 0 amide bonds. The molecule has 6 radical (unpaired) electrons. The fraction of sp³-hybridized carbons (Fsp3) is 1.00. The van der Waals surface area contributed by atoms with Crippen molar-refractivity contribution < 1.29 is 9.47 Å². The van der Waals surface area contributed by atoms with Crippen molar-refractivity contribution in [3.05, 3.63) is 0 Å². The van der Waals surface area contributed by atoms with E-state index in [4.69, 9.17) is 55.9 Å². The summed E-state index contributed by atoms with van der Waals surface area (Å²) < 4.78 is 11.0. The number of ether oxygens (including phenoxy) is 2. The lowest BCUT2D eigenvalue weighted by atomic mass is 10.5. The summed E-state index contributed by atoms with van der Waals surface area (Å²) in [7, 11) is 1.98. The van der Waals surface area contributed by atoms with Crippen LogP contribution in [-0.4, -0.2) is 57.0 Å². The molecule has 0 aromatic carbocycles. The maximum Gasteiger partial charge on any atom is 0.154 e. The predicted molar refractivity (Wildman–Crippen MR) is 93.5 cm³/mol. The van der Waals surface area contributed by atoms with Gasteiger partial charge in [0.25, 0.3) is 0 Å². The predicted octanol–water partition coefficient (Wildman–Crippen LogP) is 4.06. The quantitative estimate of drug-likeness (QED) is 0.186. The van der Waals surface area contributed by atoms with Crippen LogP contribution in [0.3, 0.4) is 0 Å². The molecule has 0 fully saturated rings. The maximum absolute atomic E-state index is 5.75. The molecule has 0 spiro atoms. The van der Waals surface area contributed by atoms with E-state index >= 15 is 0 Å². The summed E-state index contributed by atoms with van der Waals surface area (Å²) in [5, 5.41) is 0. The van der Waals surface area contributed by atoms with Crippen LogP contribution in [0, 0.1) is 0 Å². The molecule has 0 aromatic heterocycles. The highest BCUT2D eigenvalue weighted by molar-refractivity contribution is 6.69. The molecule has 0 bridgehead atoms. The van der Waals surface area contributed by atoms with Gasteiger partial charge in [-0.1, -0.05) is 18.6 Å². The topological polar surface area (TPSA) is 18.5 Å². The molecule has 116 valence electrons. The van der Waals surface area contributed by atoms with Crippen LogP contribution in [0.25, 0.3) is 0 Å². The number of hydrogen-bond acceptors (Lipinski definition) is 2. The van der Waals surface area contributed by atoms with E-state index in [9.17, 15) is 0 Å². The molecule has 0 heterocycles. The Balaban J connectivity index is 3.55. The summed E-state index contributed by atoms with van der Waals surface area (Å²) in [6, 6.07) is 2.96. The fourth-order valence-electron chi connectivity index (χ4n) is 1.33. The van der Waals surface area contributed by atoms with Gasteiger partial charge in [-0.15, -0.1) is 46.4 Å². The van der Waals surface area contributed by atoms with Crippen molar-refractivity contribution in [1.29, 1.82) is 0 Å². The average molecular weight is 410 g/mol. The molecule has 0 saturated heterocycles. The maximum atomic E-state index is 5.75. The van der Waals surface area contributed by atoms with Crippen molar-refractivity contribution in [3.8, 4) is 0 Å². The van der Waals surface area contributed by atoms with E-state index in [2.05, 4.69) is 6.55 Å². The third-order valence-corrected chi connectivity index (χ3v) is 6.71. The van der Waals surface area contributed by atoms with Gasteiger partial charge in [-0.05, 0) is 18.9 Å². The second kappa shape index (κ2) is 15.6. The molecular weight excluding hydrogens is 390 g/mol. The summed E-state index contributed by atoms with van der Waals surface area (Å²) in [6.45, 7) is 3.56. The molecule has 0 unspecified atom stereocenters. The van der Waals surface area contributed by atoms with Gasteiger partial charge in [0, 0.05) is 22.7 Å². The van der Waals surface area contributed by atoms with Crippen molar-refractivity contribution in [2.75, 3.05) is 13.2 Å². The third kappa shape index (κ3) is 16.1. The number of alkyl halides is 4. The Kier molecular flexibility index (Phi) is 17.0. The van der Waals surface area contributed by atoms with E-state index in [1.807, 2.05) is 0 Å². The van der Waals surface area contributed by atoms with Gasteiger partial charge in [0.1, 0.15) is 0 Å². The van der Waals surface area contributed by atoms with Crippen molar-refractivity contribution in [2.24, 2.45) is 0 Å². The Morgan fingerprint density at radius 3 is 1.65 bits per heavy atom.